The molecule has 0 aromatic heterocycles. The summed E-state index contributed by atoms with van der Waals surface area (Å²) in [5, 5.41) is 12.3. The molecule has 4 nitrogen and oxygen atoms in total. The van der Waals surface area contributed by atoms with Crippen LogP contribution in [-0.4, -0.2) is 42.7 Å². The Labute approximate surface area is 132 Å². The van der Waals surface area contributed by atoms with Crippen molar-refractivity contribution in [3.63, 3.8) is 0 Å². The van der Waals surface area contributed by atoms with Gasteiger partial charge in [-0.3, -0.25) is 0 Å². The number of carboxylic acid groups (broad SMARTS) is 1. The summed E-state index contributed by atoms with van der Waals surface area (Å²) in [5.74, 6) is -0.187. The smallest absolute Gasteiger partial charge is 0.335 e. The van der Waals surface area contributed by atoms with E-state index < -0.39 is 5.97 Å². The van der Waals surface area contributed by atoms with E-state index in [1.807, 2.05) is 6.07 Å². The molecular weight excluding hydrogens is 299 g/mol. The molecule has 1 aromatic rings. The Balaban J connectivity index is 0.00000180. The van der Waals surface area contributed by atoms with Gasteiger partial charge in [0.2, 0.25) is 0 Å². The Morgan fingerprint density at radius 2 is 2.00 bits per heavy atom. The van der Waals surface area contributed by atoms with E-state index in [-0.39, 0.29) is 24.8 Å². The molecule has 6 heteroatoms. The number of aromatic carboxylic acids is 1. The van der Waals surface area contributed by atoms with Crippen molar-refractivity contribution in [2.24, 2.45) is 5.92 Å². The van der Waals surface area contributed by atoms with Crippen LogP contribution in [0.2, 0.25) is 0 Å². The van der Waals surface area contributed by atoms with Crippen LogP contribution in [0.4, 0.5) is 5.69 Å². The lowest BCUT2D eigenvalue weighted by atomic mass is 9.97. The Hall–Kier alpha value is -0.970. The molecule has 1 aromatic carbocycles. The van der Waals surface area contributed by atoms with Crippen molar-refractivity contribution in [1.82, 2.24) is 4.90 Å². The molecule has 0 saturated carbocycles. The van der Waals surface area contributed by atoms with Crippen LogP contribution >= 0.6 is 24.8 Å². The molecule has 0 radical (unpaired) electrons. The van der Waals surface area contributed by atoms with Gasteiger partial charge >= 0.3 is 5.97 Å². The summed E-state index contributed by atoms with van der Waals surface area (Å²) in [6, 6.07) is 7.00. The molecule has 20 heavy (non-hydrogen) atoms. The van der Waals surface area contributed by atoms with E-state index in [0.29, 0.717) is 11.5 Å². The molecule has 1 heterocycles. The number of piperidine rings is 1. The van der Waals surface area contributed by atoms with Crippen molar-refractivity contribution in [3.05, 3.63) is 29.8 Å². The topological polar surface area (TPSA) is 52.6 Å². The van der Waals surface area contributed by atoms with Crippen LogP contribution in [0.15, 0.2) is 24.3 Å². The lowest BCUT2D eigenvalue weighted by molar-refractivity contribution is 0.0697. The molecule has 0 unspecified atom stereocenters. The minimum absolute atomic E-state index is 0. The van der Waals surface area contributed by atoms with Gasteiger partial charge in [0.15, 0.2) is 0 Å². The molecule has 0 bridgehead atoms. The normalized spacial score (nSPS) is 15.8. The number of benzene rings is 1. The van der Waals surface area contributed by atoms with Gasteiger partial charge in [-0.25, -0.2) is 4.79 Å². The number of likely N-dealkylation sites (tertiary alicyclic amines) is 1. The van der Waals surface area contributed by atoms with Crippen LogP contribution in [0.1, 0.15) is 23.2 Å². The monoisotopic (exact) mass is 320 g/mol. The lowest BCUT2D eigenvalue weighted by Gasteiger charge is -2.29. The van der Waals surface area contributed by atoms with Crippen LogP contribution in [0.5, 0.6) is 0 Å². The maximum absolute atomic E-state index is 10.9. The standard InChI is InChI=1S/C14H20N2O2.2ClH/c1-16-7-5-11(6-8-16)10-15-13-4-2-3-12(9-13)14(17)18;;/h2-4,9,11,15H,5-8,10H2,1H3,(H,17,18);2*1H. The number of nitrogens with zero attached hydrogens (tertiary/aromatic N) is 1. The van der Waals surface area contributed by atoms with Crippen LogP contribution in [0.25, 0.3) is 0 Å². The van der Waals surface area contributed by atoms with Crippen molar-refractivity contribution in [1.29, 1.82) is 0 Å². The molecule has 1 aliphatic heterocycles. The highest BCUT2D eigenvalue weighted by Crippen LogP contribution is 2.17. The lowest BCUT2D eigenvalue weighted by Crippen LogP contribution is -2.32. The van der Waals surface area contributed by atoms with Crippen molar-refractivity contribution < 1.29 is 9.90 Å². The van der Waals surface area contributed by atoms with Gasteiger partial charge in [-0.1, -0.05) is 6.07 Å². The summed E-state index contributed by atoms with van der Waals surface area (Å²) >= 11 is 0. The second kappa shape index (κ2) is 9.06. The maximum atomic E-state index is 10.9. The SMILES string of the molecule is CN1CCC(CNc2cccc(C(=O)O)c2)CC1.Cl.Cl. The fourth-order valence-electron chi connectivity index (χ4n) is 2.29. The molecule has 0 spiro atoms. The molecule has 1 saturated heterocycles. The van der Waals surface area contributed by atoms with Crippen molar-refractivity contribution in [2.75, 3.05) is 32.0 Å². The zero-order chi connectivity index (χ0) is 13.0. The number of anilines is 1. The van der Waals surface area contributed by atoms with Gasteiger partial charge in [-0.2, -0.15) is 0 Å². The number of rotatable bonds is 4. The van der Waals surface area contributed by atoms with Gasteiger partial charge in [0.05, 0.1) is 5.56 Å². The maximum Gasteiger partial charge on any atom is 0.335 e. The molecule has 2 N–H and O–H groups in total. The summed E-state index contributed by atoms with van der Waals surface area (Å²) in [5.41, 5.74) is 1.23. The highest BCUT2D eigenvalue weighted by molar-refractivity contribution is 5.88. The molecular formula is C14H22Cl2N2O2. The van der Waals surface area contributed by atoms with E-state index in [1.165, 1.54) is 12.8 Å². The fraction of sp³-hybridized carbons (Fsp3) is 0.500. The first-order valence-electron chi connectivity index (χ1n) is 6.41. The summed E-state index contributed by atoms with van der Waals surface area (Å²) in [4.78, 5) is 13.2. The molecule has 0 atom stereocenters. The largest absolute Gasteiger partial charge is 0.478 e. The number of nitrogens with one attached hydrogen (secondary N) is 1. The average Bonchev–Trinajstić information content (AvgIpc) is 2.38. The van der Waals surface area contributed by atoms with Crippen LogP contribution in [-0.2, 0) is 0 Å². The van der Waals surface area contributed by atoms with Crippen LogP contribution < -0.4 is 5.32 Å². The van der Waals surface area contributed by atoms with E-state index in [0.717, 1.165) is 25.3 Å². The summed E-state index contributed by atoms with van der Waals surface area (Å²) in [6.07, 6.45) is 2.42. The van der Waals surface area contributed by atoms with E-state index in [1.54, 1.807) is 18.2 Å². The number of halogens is 2. The van der Waals surface area contributed by atoms with E-state index in [4.69, 9.17) is 5.11 Å². The molecule has 1 aliphatic rings. The third-order valence-corrected chi connectivity index (χ3v) is 3.54. The first-order chi connectivity index (χ1) is 8.65. The zero-order valence-electron chi connectivity index (χ0n) is 11.5. The van der Waals surface area contributed by atoms with Gasteiger partial charge < -0.3 is 15.3 Å². The second-order valence-electron chi connectivity index (χ2n) is 5.01. The molecule has 114 valence electrons. The summed E-state index contributed by atoms with van der Waals surface area (Å²) in [6.45, 7) is 3.24. The third-order valence-electron chi connectivity index (χ3n) is 3.54. The first kappa shape index (κ1) is 19.0. The highest BCUT2D eigenvalue weighted by Gasteiger charge is 2.16. The fourth-order valence-corrected chi connectivity index (χ4v) is 2.29. The van der Waals surface area contributed by atoms with E-state index in [2.05, 4.69) is 17.3 Å². The molecule has 1 fully saturated rings. The van der Waals surface area contributed by atoms with Gasteiger partial charge in [-0.05, 0) is 57.1 Å². The van der Waals surface area contributed by atoms with E-state index >= 15 is 0 Å². The van der Waals surface area contributed by atoms with Crippen molar-refractivity contribution >= 4 is 36.5 Å². The van der Waals surface area contributed by atoms with Gasteiger partial charge in [0, 0.05) is 12.2 Å². The first-order valence-corrected chi connectivity index (χ1v) is 6.41. The van der Waals surface area contributed by atoms with Gasteiger partial charge in [0.25, 0.3) is 0 Å². The summed E-state index contributed by atoms with van der Waals surface area (Å²) < 4.78 is 0. The predicted molar refractivity (Wildman–Crippen MR) is 86.6 cm³/mol. The van der Waals surface area contributed by atoms with Crippen LogP contribution in [0.3, 0.4) is 0 Å². The number of carboxylic acids is 1. The van der Waals surface area contributed by atoms with E-state index in [9.17, 15) is 4.79 Å². The summed E-state index contributed by atoms with van der Waals surface area (Å²) in [7, 11) is 2.15. The Kier molecular flexibility index (Phi) is 8.62. The van der Waals surface area contributed by atoms with Crippen molar-refractivity contribution in [3.8, 4) is 0 Å². The minimum Gasteiger partial charge on any atom is -0.478 e. The molecule has 0 aliphatic carbocycles. The van der Waals surface area contributed by atoms with Gasteiger partial charge in [-0.15, -0.1) is 24.8 Å². The average molecular weight is 321 g/mol. The number of hydrogen-bond donors (Lipinski definition) is 2. The minimum atomic E-state index is -0.877. The van der Waals surface area contributed by atoms with Crippen molar-refractivity contribution in [2.45, 2.75) is 12.8 Å². The molecule has 2 rings (SSSR count). The number of carbonyl (C=O) groups is 1. The Morgan fingerprint density at radius 1 is 1.35 bits per heavy atom. The quantitative estimate of drug-likeness (QED) is 0.895. The molecule has 0 amide bonds. The zero-order valence-corrected chi connectivity index (χ0v) is 13.2. The third kappa shape index (κ3) is 5.57. The second-order valence-corrected chi connectivity index (χ2v) is 5.01. The Bertz CT molecular complexity index is 421. The predicted octanol–water partition coefficient (Wildman–Crippen LogP) is 2.98. The Morgan fingerprint density at radius 3 is 2.60 bits per heavy atom. The number of hydrogen-bond acceptors (Lipinski definition) is 3. The highest BCUT2D eigenvalue weighted by atomic mass is 35.5. The van der Waals surface area contributed by atoms with Gasteiger partial charge in [0.1, 0.15) is 0 Å². The van der Waals surface area contributed by atoms with Crippen LogP contribution in [0, 0.1) is 5.92 Å².